The summed E-state index contributed by atoms with van der Waals surface area (Å²) in [5.41, 5.74) is 3.84. The topological polar surface area (TPSA) is 49.3 Å². The van der Waals surface area contributed by atoms with E-state index < -0.39 is 0 Å². The standard InChI is InChI=1S/C22H22N4O/c1-17-7-9-19(10-8-17)22(27)26-15-13-25(14-16-26)21-12-11-20(23-24-21)18-5-3-2-4-6-18/h2-12H,13-16H2,1H3. The third-order valence-corrected chi connectivity index (χ3v) is 4.91. The highest BCUT2D eigenvalue weighted by atomic mass is 16.2. The Labute approximate surface area is 159 Å². The molecule has 0 N–H and O–H groups in total. The molecule has 0 radical (unpaired) electrons. The number of nitrogens with zero attached hydrogens (tertiary/aromatic N) is 4. The number of carbonyl (C=O) groups excluding carboxylic acids is 1. The van der Waals surface area contributed by atoms with E-state index in [1.54, 1.807) is 0 Å². The van der Waals surface area contributed by atoms with Crippen LogP contribution in [0.5, 0.6) is 0 Å². The molecular weight excluding hydrogens is 336 g/mol. The molecule has 0 bridgehead atoms. The Morgan fingerprint density at radius 1 is 0.815 bits per heavy atom. The zero-order valence-corrected chi connectivity index (χ0v) is 15.4. The molecule has 4 rings (SSSR count). The summed E-state index contributed by atoms with van der Waals surface area (Å²) in [5, 5.41) is 8.75. The molecule has 2 aromatic carbocycles. The molecule has 1 aliphatic rings. The average molecular weight is 358 g/mol. The summed E-state index contributed by atoms with van der Waals surface area (Å²) < 4.78 is 0. The summed E-state index contributed by atoms with van der Waals surface area (Å²) >= 11 is 0. The SMILES string of the molecule is Cc1ccc(C(=O)N2CCN(c3ccc(-c4ccccc4)nn3)CC2)cc1. The first-order chi connectivity index (χ1) is 13.2. The lowest BCUT2D eigenvalue weighted by Gasteiger charge is -2.35. The van der Waals surface area contributed by atoms with Gasteiger partial charge in [0.15, 0.2) is 5.82 Å². The molecule has 1 aromatic heterocycles. The van der Waals surface area contributed by atoms with E-state index in [9.17, 15) is 4.79 Å². The molecule has 27 heavy (non-hydrogen) atoms. The third kappa shape index (κ3) is 3.82. The molecule has 5 heteroatoms. The third-order valence-electron chi connectivity index (χ3n) is 4.91. The van der Waals surface area contributed by atoms with Gasteiger partial charge in [0.05, 0.1) is 5.69 Å². The summed E-state index contributed by atoms with van der Waals surface area (Å²) in [4.78, 5) is 16.7. The second-order valence-electron chi connectivity index (χ2n) is 6.79. The highest BCUT2D eigenvalue weighted by molar-refractivity contribution is 5.94. The van der Waals surface area contributed by atoms with E-state index in [0.29, 0.717) is 13.1 Å². The van der Waals surface area contributed by atoms with Gasteiger partial charge >= 0.3 is 0 Å². The van der Waals surface area contributed by atoms with E-state index >= 15 is 0 Å². The summed E-state index contributed by atoms with van der Waals surface area (Å²) in [6.45, 7) is 4.93. The number of anilines is 1. The Hall–Kier alpha value is -3.21. The Morgan fingerprint density at radius 2 is 1.52 bits per heavy atom. The largest absolute Gasteiger partial charge is 0.352 e. The molecule has 1 aliphatic heterocycles. The van der Waals surface area contributed by atoms with Crippen LogP contribution in [0.1, 0.15) is 15.9 Å². The molecule has 5 nitrogen and oxygen atoms in total. The smallest absolute Gasteiger partial charge is 0.253 e. The molecule has 136 valence electrons. The van der Waals surface area contributed by atoms with Gasteiger partial charge in [0.25, 0.3) is 5.91 Å². The maximum Gasteiger partial charge on any atom is 0.253 e. The van der Waals surface area contributed by atoms with Gasteiger partial charge in [-0.15, -0.1) is 10.2 Å². The number of benzene rings is 2. The van der Waals surface area contributed by atoms with Crippen molar-refractivity contribution < 1.29 is 4.79 Å². The second-order valence-corrected chi connectivity index (χ2v) is 6.79. The fraction of sp³-hybridized carbons (Fsp3) is 0.227. The number of rotatable bonds is 3. The lowest BCUT2D eigenvalue weighted by molar-refractivity contribution is 0.0746. The van der Waals surface area contributed by atoms with Gasteiger partial charge in [-0.05, 0) is 31.2 Å². The minimum Gasteiger partial charge on any atom is -0.352 e. The van der Waals surface area contributed by atoms with Gasteiger partial charge in [-0.1, -0.05) is 48.0 Å². The van der Waals surface area contributed by atoms with E-state index in [2.05, 4.69) is 15.1 Å². The molecule has 0 saturated carbocycles. The van der Waals surface area contributed by atoms with Crippen molar-refractivity contribution in [2.75, 3.05) is 31.1 Å². The Bertz CT molecular complexity index is 899. The molecule has 2 heterocycles. The lowest BCUT2D eigenvalue weighted by Crippen LogP contribution is -2.49. The first-order valence-corrected chi connectivity index (χ1v) is 9.21. The molecule has 0 atom stereocenters. The predicted molar refractivity (Wildman–Crippen MR) is 107 cm³/mol. The Morgan fingerprint density at radius 3 is 2.15 bits per heavy atom. The van der Waals surface area contributed by atoms with Crippen molar-refractivity contribution in [1.29, 1.82) is 0 Å². The van der Waals surface area contributed by atoms with Crippen LogP contribution < -0.4 is 4.90 Å². The number of aromatic nitrogens is 2. The van der Waals surface area contributed by atoms with Gasteiger partial charge < -0.3 is 9.80 Å². The summed E-state index contributed by atoms with van der Waals surface area (Å²) in [6.07, 6.45) is 0. The average Bonchev–Trinajstić information content (AvgIpc) is 2.75. The number of carbonyl (C=O) groups is 1. The van der Waals surface area contributed by atoms with Crippen molar-refractivity contribution in [2.45, 2.75) is 6.92 Å². The minimum atomic E-state index is 0.0974. The van der Waals surface area contributed by atoms with E-state index in [4.69, 9.17) is 0 Å². The van der Waals surface area contributed by atoms with E-state index in [1.165, 1.54) is 0 Å². The van der Waals surface area contributed by atoms with Crippen LogP contribution in [0.25, 0.3) is 11.3 Å². The van der Waals surface area contributed by atoms with Crippen LogP contribution in [0.15, 0.2) is 66.7 Å². The molecule has 0 unspecified atom stereocenters. The van der Waals surface area contributed by atoms with E-state index in [-0.39, 0.29) is 5.91 Å². The quantitative estimate of drug-likeness (QED) is 0.720. The van der Waals surface area contributed by atoms with Gasteiger partial charge in [-0.3, -0.25) is 4.79 Å². The number of hydrogen-bond donors (Lipinski definition) is 0. The van der Waals surface area contributed by atoms with E-state index in [1.807, 2.05) is 78.6 Å². The van der Waals surface area contributed by atoms with E-state index in [0.717, 1.165) is 41.3 Å². The van der Waals surface area contributed by atoms with Gasteiger partial charge in [-0.25, -0.2) is 0 Å². The maximum absolute atomic E-state index is 12.6. The van der Waals surface area contributed by atoms with Crippen LogP contribution in [0, 0.1) is 6.92 Å². The van der Waals surface area contributed by atoms with Crippen LogP contribution >= 0.6 is 0 Å². The Kier molecular flexibility index (Phi) is 4.83. The van der Waals surface area contributed by atoms with Crippen LogP contribution in [-0.4, -0.2) is 47.2 Å². The molecule has 1 amide bonds. The fourth-order valence-corrected chi connectivity index (χ4v) is 3.27. The monoisotopic (exact) mass is 358 g/mol. The van der Waals surface area contributed by atoms with Crippen LogP contribution in [0.2, 0.25) is 0 Å². The highest BCUT2D eigenvalue weighted by Crippen LogP contribution is 2.19. The number of aryl methyl sites for hydroxylation is 1. The molecule has 0 spiro atoms. The summed E-state index contributed by atoms with van der Waals surface area (Å²) in [6, 6.07) is 21.8. The molecule has 3 aromatic rings. The number of hydrogen-bond acceptors (Lipinski definition) is 4. The molecule has 0 aliphatic carbocycles. The van der Waals surface area contributed by atoms with Crippen molar-refractivity contribution in [2.24, 2.45) is 0 Å². The normalized spacial score (nSPS) is 14.3. The van der Waals surface area contributed by atoms with Crippen LogP contribution in [0.3, 0.4) is 0 Å². The number of piperazine rings is 1. The Balaban J connectivity index is 1.39. The van der Waals surface area contributed by atoms with Crippen molar-refractivity contribution in [3.63, 3.8) is 0 Å². The zero-order valence-electron chi connectivity index (χ0n) is 15.4. The lowest BCUT2D eigenvalue weighted by atomic mass is 10.1. The van der Waals surface area contributed by atoms with Gasteiger partial charge in [-0.2, -0.15) is 0 Å². The first-order valence-electron chi connectivity index (χ1n) is 9.21. The predicted octanol–water partition coefficient (Wildman–Crippen LogP) is 3.41. The second kappa shape index (κ2) is 7.58. The molecular formula is C22H22N4O. The van der Waals surface area contributed by atoms with Gasteiger partial charge in [0, 0.05) is 37.3 Å². The summed E-state index contributed by atoms with van der Waals surface area (Å²) in [5.74, 6) is 0.956. The minimum absolute atomic E-state index is 0.0974. The van der Waals surface area contributed by atoms with Crippen LogP contribution in [0.4, 0.5) is 5.82 Å². The van der Waals surface area contributed by atoms with Crippen molar-refractivity contribution in [3.8, 4) is 11.3 Å². The molecule has 1 saturated heterocycles. The highest BCUT2D eigenvalue weighted by Gasteiger charge is 2.23. The molecule has 1 fully saturated rings. The van der Waals surface area contributed by atoms with Gasteiger partial charge in [0.1, 0.15) is 0 Å². The fourth-order valence-electron chi connectivity index (χ4n) is 3.27. The van der Waals surface area contributed by atoms with Gasteiger partial charge in [0.2, 0.25) is 0 Å². The zero-order chi connectivity index (χ0) is 18.6. The number of amides is 1. The van der Waals surface area contributed by atoms with Crippen molar-refractivity contribution >= 4 is 11.7 Å². The maximum atomic E-state index is 12.6. The first kappa shape index (κ1) is 17.2. The van der Waals surface area contributed by atoms with Crippen molar-refractivity contribution in [3.05, 3.63) is 77.9 Å². The van der Waals surface area contributed by atoms with Crippen LogP contribution in [-0.2, 0) is 0 Å². The summed E-state index contributed by atoms with van der Waals surface area (Å²) in [7, 11) is 0. The van der Waals surface area contributed by atoms with Crippen molar-refractivity contribution in [1.82, 2.24) is 15.1 Å².